The standard InChI is InChI=1S/C23H23Cl2NO5/c1-3-11-23(22(28)29-2)20(18-10-7-16(24)14-19(18)25)31-21(26-23)15-5-8-17(9-6-15)30-13-4-12-27/h3,5-10,14,20,27H,1,4,11-13H2,2H3/t20-,23-/m1/s1. The van der Waals surface area contributed by atoms with Gasteiger partial charge in [-0.1, -0.05) is 35.3 Å². The Bertz CT molecular complexity index is 976. The summed E-state index contributed by atoms with van der Waals surface area (Å²) in [6.07, 6.45) is 1.51. The number of methoxy groups -OCH3 is 1. The zero-order chi connectivity index (χ0) is 22.4. The minimum atomic E-state index is -1.38. The Kier molecular flexibility index (Phi) is 7.59. The molecule has 0 bridgehead atoms. The fourth-order valence-electron chi connectivity index (χ4n) is 3.38. The van der Waals surface area contributed by atoms with Crippen LogP contribution < -0.4 is 4.74 Å². The summed E-state index contributed by atoms with van der Waals surface area (Å²) < 4.78 is 16.8. The Balaban J connectivity index is 1.99. The predicted octanol–water partition coefficient (Wildman–Crippen LogP) is 4.76. The SMILES string of the molecule is C=CC[C@@]1(C(=O)OC)N=C(c2ccc(OCCCO)cc2)O[C@@H]1c1ccc(Cl)cc1Cl. The molecule has 8 heteroatoms. The number of nitrogens with zero attached hydrogens (tertiary/aromatic N) is 1. The molecule has 2 aromatic rings. The molecule has 164 valence electrons. The maximum Gasteiger partial charge on any atom is 0.338 e. The van der Waals surface area contributed by atoms with Crippen LogP contribution in [-0.4, -0.2) is 42.8 Å². The summed E-state index contributed by atoms with van der Waals surface area (Å²) in [4.78, 5) is 17.6. The molecular formula is C23H23Cl2NO5. The van der Waals surface area contributed by atoms with Crippen LogP contribution in [0.15, 0.2) is 60.1 Å². The van der Waals surface area contributed by atoms with Gasteiger partial charge in [-0.2, -0.15) is 0 Å². The number of aliphatic imine (C=N–C) groups is 1. The number of carbonyl (C=O) groups excluding carboxylic acids is 1. The lowest BCUT2D eigenvalue weighted by Gasteiger charge is -2.28. The van der Waals surface area contributed by atoms with Crippen molar-refractivity contribution in [2.24, 2.45) is 4.99 Å². The highest BCUT2D eigenvalue weighted by atomic mass is 35.5. The summed E-state index contributed by atoms with van der Waals surface area (Å²) in [5.74, 6) is 0.381. The first kappa shape index (κ1) is 23.1. The average Bonchev–Trinajstić information content (AvgIpc) is 3.14. The van der Waals surface area contributed by atoms with Gasteiger partial charge < -0.3 is 19.3 Å². The van der Waals surface area contributed by atoms with Gasteiger partial charge in [-0.15, -0.1) is 6.58 Å². The monoisotopic (exact) mass is 463 g/mol. The number of halogens is 2. The van der Waals surface area contributed by atoms with E-state index in [1.807, 2.05) is 0 Å². The first-order valence-corrected chi connectivity index (χ1v) is 10.5. The molecule has 1 N–H and O–H groups in total. The highest BCUT2D eigenvalue weighted by molar-refractivity contribution is 6.35. The van der Waals surface area contributed by atoms with E-state index in [0.717, 1.165) is 0 Å². The van der Waals surface area contributed by atoms with Crippen molar-refractivity contribution in [3.8, 4) is 5.75 Å². The van der Waals surface area contributed by atoms with Crippen LogP contribution >= 0.6 is 23.2 Å². The molecule has 0 saturated carbocycles. The normalized spacial score (nSPS) is 20.0. The third-order valence-corrected chi connectivity index (χ3v) is 5.44. The second-order valence-electron chi connectivity index (χ2n) is 6.94. The summed E-state index contributed by atoms with van der Waals surface area (Å²) in [5, 5.41) is 9.70. The van der Waals surface area contributed by atoms with Gasteiger partial charge in [0.15, 0.2) is 6.10 Å². The Hall–Kier alpha value is -2.54. The third kappa shape index (κ3) is 4.87. The second kappa shape index (κ2) is 10.2. The van der Waals surface area contributed by atoms with E-state index < -0.39 is 17.6 Å². The number of esters is 1. The Morgan fingerprint density at radius 1 is 1.29 bits per heavy atom. The van der Waals surface area contributed by atoms with Gasteiger partial charge in [0, 0.05) is 40.6 Å². The molecule has 1 heterocycles. The molecule has 0 unspecified atom stereocenters. The van der Waals surface area contributed by atoms with Gasteiger partial charge in [0.2, 0.25) is 11.4 Å². The molecule has 0 saturated heterocycles. The number of carbonyl (C=O) groups is 1. The predicted molar refractivity (Wildman–Crippen MR) is 120 cm³/mol. The van der Waals surface area contributed by atoms with Crippen LogP contribution in [0.25, 0.3) is 0 Å². The number of hydrogen-bond acceptors (Lipinski definition) is 6. The van der Waals surface area contributed by atoms with Crippen molar-refractivity contribution in [3.05, 3.63) is 76.3 Å². The van der Waals surface area contributed by atoms with Crippen LogP contribution in [0.1, 0.15) is 30.1 Å². The second-order valence-corrected chi connectivity index (χ2v) is 7.78. The van der Waals surface area contributed by atoms with Crippen LogP contribution in [0.2, 0.25) is 10.0 Å². The summed E-state index contributed by atoms with van der Waals surface area (Å²) >= 11 is 12.5. The summed E-state index contributed by atoms with van der Waals surface area (Å²) in [6.45, 7) is 4.25. The van der Waals surface area contributed by atoms with Gasteiger partial charge >= 0.3 is 5.97 Å². The number of rotatable bonds is 9. The van der Waals surface area contributed by atoms with Gasteiger partial charge in [0.1, 0.15) is 5.75 Å². The third-order valence-electron chi connectivity index (χ3n) is 4.88. The van der Waals surface area contributed by atoms with Crippen molar-refractivity contribution in [2.75, 3.05) is 20.3 Å². The van der Waals surface area contributed by atoms with E-state index in [4.69, 9.17) is 42.5 Å². The number of ether oxygens (including phenoxy) is 3. The molecule has 0 amide bonds. The van der Waals surface area contributed by atoms with E-state index in [1.54, 1.807) is 48.5 Å². The summed E-state index contributed by atoms with van der Waals surface area (Å²) in [7, 11) is 1.31. The zero-order valence-corrected chi connectivity index (χ0v) is 18.5. The van der Waals surface area contributed by atoms with Crippen molar-refractivity contribution < 1.29 is 24.1 Å². The maximum absolute atomic E-state index is 12.9. The zero-order valence-electron chi connectivity index (χ0n) is 17.0. The van der Waals surface area contributed by atoms with E-state index in [2.05, 4.69) is 11.6 Å². The van der Waals surface area contributed by atoms with E-state index in [0.29, 0.717) is 39.9 Å². The molecule has 0 radical (unpaired) electrons. The van der Waals surface area contributed by atoms with Crippen LogP contribution in [0.5, 0.6) is 5.75 Å². The molecule has 2 atom stereocenters. The van der Waals surface area contributed by atoms with Crippen LogP contribution in [-0.2, 0) is 14.3 Å². The minimum absolute atomic E-state index is 0.0658. The van der Waals surface area contributed by atoms with Crippen LogP contribution in [0, 0.1) is 0 Å². The van der Waals surface area contributed by atoms with Crippen molar-refractivity contribution in [2.45, 2.75) is 24.5 Å². The van der Waals surface area contributed by atoms with Crippen molar-refractivity contribution in [1.29, 1.82) is 0 Å². The van der Waals surface area contributed by atoms with Gasteiger partial charge in [0.05, 0.1) is 13.7 Å². The first-order chi connectivity index (χ1) is 14.9. The van der Waals surface area contributed by atoms with Gasteiger partial charge in [-0.05, 0) is 36.4 Å². The number of aliphatic hydroxyl groups is 1. The first-order valence-electron chi connectivity index (χ1n) is 9.70. The average molecular weight is 464 g/mol. The molecule has 6 nitrogen and oxygen atoms in total. The lowest BCUT2D eigenvalue weighted by Crippen LogP contribution is -2.41. The highest BCUT2D eigenvalue weighted by Crippen LogP contribution is 2.45. The number of aliphatic hydroxyl groups excluding tert-OH is 1. The largest absolute Gasteiger partial charge is 0.494 e. The van der Waals surface area contributed by atoms with E-state index in [9.17, 15) is 4.79 Å². The lowest BCUT2D eigenvalue weighted by molar-refractivity contribution is -0.149. The van der Waals surface area contributed by atoms with Gasteiger partial charge in [-0.25, -0.2) is 9.79 Å². The Morgan fingerprint density at radius 3 is 2.65 bits per heavy atom. The maximum atomic E-state index is 12.9. The lowest BCUT2D eigenvalue weighted by atomic mass is 9.85. The fraction of sp³-hybridized carbons (Fsp3) is 0.304. The van der Waals surface area contributed by atoms with Crippen molar-refractivity contribution >= 4 is 35.1 Å². The molecule has 0 aliphatic carbocycles. The van der Waals surface area contributed by atoms with Crippen LogP contribution in [0.4, 0.5) is 0 Å². The molecule has 0 spiro atoms. The molecule has 31 heavy (non-hydrogen) atoms. The van der Waals surface area contributed by atoms with Crippen LogP contribution in [0.3, 0.4) is 0 Å². The van der Waals surface area contributed by atoms with Gasteiger partial charge in [-0.3, -0.25) is 0 Å². The van der Waals surface area contributed by atoms with E-state index in [1.165, 1.54) is 7.11 Å². The number of hydrogen-bond donors (Lipinski definition) is 1. The number of benzene rings is 2. The van der Waals surface area contributed by atoms with E-state index >= 15 is 0 Å². The fourth-order valence-corrected chi connectivity index (χ4v) is 3.88. The van der Waals surface area contributed by atoms with Crippen molar-refractivity contribution in [3.63, 3.8) is 0 Å². The highest BCUT2D eigenvalue weighted by Gasteiger charge is 2.54. The molecule has 0 aromatic heterocycles. The quantitative estimate of drug-likeness (QED) is 0.329. The summed E-state index contributed by atoms with van der Waals surface area (Å²) in [6, 6.07) is 12.1. The minimum Gasteiger partial charge on any atom is -0.494 e. The Morgan fingerprint density at radius 2 is 2.03 bits per heavy atom. The van der Waals surface area contributed by atoms with E-state index in [-0.39, 0.29) is 18.9 Å². The molecule has 1 aliphatic heterocycles. The smallest absolute Gasteiger partial charge is 0.338 e. The topological polar surface area (TPSA) is 77.4 Å². The molecule has 1 aliphatic rings. The van der Waals surface area contributed by atoms with Crippen molar-refractivity contribution in [1.82, 2.24) is 0 Å². The summed E-state index contributed by atoms with van der Waals surface area (Å²) in [5.41, 5.74) is -0.139. The molecular weight excluding hydrogens is 441 g/mol. The molecule has 0 fully saturated rings. The molecule has 3 rings (SSSR count). The molecule has 2 aromatic carbocycles. The Labute approximate surface area is 191 Å². The van der Waals surface area contributed by atoms with Gasteiger partial charge in [0.25, 0.3) is 0 Å².